The highest BCUT2D eigenvalue weighted by Gasteiger charge is 2.19. The second-order valence-corrected chi connectivity index (χ2v) is 5.88. The van der Waals surface area contributed by atoms with E-state index in [4.69, 9.17) is 0 Å². The molecule has 1 unspecified atom stereocenters. The van der Waals surface area contributed by atoms with E-state index in [1.165, 1.54) is 38.4 Å². The number of halogens is 1. The molecule has 2 nitrogen and oxygen atoms in total. The molecule has 1 aromatic rings. The first-order valence-corrected chi connectivity index (χ1v) is 7.88. The summed E-state index contributed by atoms with van der Waals surface area (Å²) in [6.07, 6.45) is 5.02. The van der Waals surface area contributed by atoms with Gasteiger partial charge in [-0.05, 0) is 69.6 Å². The van der Waals surface area contributed by atoms with Crippen LogP contribution in [0.15, 0.2) is 24.3 Å². The Morgan fingerprint density at radius 3 is 2.70 bits per heavy atom. The van der Waals surface area contributed by atoms with Crippen LogP contribution in [0, 0.1) is 11.7 Å². The van der Waals surface area contributed by atoms with Crippen LogP contribution in [0.25, 0.3) is 0 Å². The van der Waals surface area contributed by atoms with Crippen LogP contribution in [-0.4, -0.2) is 31.6 Å². The van der Waals surface area contributed by atoms with E-state index in [-0.39, 0.29) is 11.9 Å². The first-order chi connectivity index (χ1) is 9.72. The van der Waals surface area contributed by atoms with Gasteiger partial charge in [0.2, 0.25) is 0 Å². The summed E-state index contributed by atoms with van der Waals surface area (Å²) in [4.78, 5) is 2.55. The van der Waals surface area contributed by atoms with Gasteiger partial charge in [0, 0.05) is 6.04 Å². The Morgan fingerprint density at radius 2 is 2.10 bits per heavy atom. The zero-order valence-electron chi connectivity index (χ0n) is 12.7. The lowest BCUT2D eigenvalue weighted by atomic mass is 9.94. The molecular weight excluding hydrogens is 251 g/mol. The van der Waals surface area contributed by atoms with Crippen molar-refractivity contribution in [2.24, 2.45) is 5.92 Å². The molecule has 0 saturated carbocycles. The first-order valence-electron chi connectivity index (χ1n) is 7.88. The highest BCUT2D eigenvalue weighted by atomic mass is 19.1. The lowest BCUT2D eigenvalue weighted by molar-refractivity contribution is 0.175. The maximum atomic E-state index is 13.3. The number of piperidine rings is 1. The Kier molecular flexibility index (Phi) is 5.99. The number of likely N-dealkylation sites (tertiary alicyclic amines) is 1. The normalized spacial score (nSPS) is 19.1. The van der Waals surface area contributed by atoms with Gasteiger partial charge in [0.1, 0.15) is 5.82 Å². The second-order valence-electron chi connectivity index (χ2n) is 5.88. The van der Waals surface area contributed by atoms with Crippen LogP contribution in [0.1, 0.15) is 44.2 Å². The molecule has 112 valence electrons. The van der Waals surface area contributed by atoms with Crippen molar-refractivity contribution >= 4 is 0 Å². The summed E-state index contributed by atoms with van der Waals surface area (Å²) in [7, 11) is 1.96. The van der Waals surface area contributed by atoms with E-state index >= 15 is 0 Å². The largest absolute Gasteiger partial charge is 0.313 e. The molecule has 1 aromatic carbocycles. The fourth-order valence-corrected chi connectivity index (χ4v) is 3.13. The van der Waals surface area contributed by atoms with Crippen molar-refractivity contribution in [3.05, 3.63) is 35.6 Å². The minimum absolute atomic E-state index is 0.147. The van der Waals surface area contributed by atoms with Crippen LogP contribution >= 0.6 is 0 Å². The molecule has 1 saturated heterocycles. The monoisotopic (exact) mass is 278 g/mol. The Labute approximate surface area is 122 Å². The van der Waals surface area contributed by atoms with Crippen molar-refractivity contribution in [3.8, 4) is 0 Å². The van der Waals surface area contributed by atoms with Crippen LogP contribution in [0.2, 0.25) is 0 Å². The van der Waals surface area contributed by atoms with Gasteiger partial charge in [-0.3, -0.25) is 0 Å². The van der Waals surface area contributed by atoms with Gasteiger partial charge in [0.25, 0.3) is 0 Å². The van der Waals surface area contributed by atoms with E-state index in [9.17, 15) is 4.39 Å². The SMILES string of the molecule is CCC1CCN(CCC(NC)c2cccc(F)c2)CC1. The van der Waals surface area contributed by atoms with Crippen molar-refractivity contribution in [1.82, 2.24) is 10.2 Å². The molecule has 1 aliphatic heterocycles. The minimum Gasteiger partial charge on any atom is -0.313 e. The van der Waals surface area contributed by atoms with Crippen molar-refractivity contribution in [2.45, 2.75) is 38.6 Å². The van der Waals surface area contributed by atoms with Crippen LogP contribution in [0.5, 0.6) is 0 Å². The minimum atomic E-state index is -0.147. The molecule has 0 bridgehead atoms. The third kappa shape index (κ3) is 4.29. The molecule has 0 amide bonds. The smallest absolute Gasteiger partial charge is 0.123 e. The van der Waals surface area contributed by atoms with E-state index in [1.54, 1.807) is 12.1 Å². The van der Waals surface area contributed by atoms with Gasteiger partial charge < -0.3 is 10.2 Å². The van der Waals surface area contributed by atoms with Gasteiger partial charge in [0.15, 0.2) is 0 Å². The van der Waals surface area contributed by atoms with E-state index in [2.05, 4.69) is 17.1 Å². The van der Waals surface area contributed by atoms with Gasteiger partial charge in [-0.15, -0.1) is 0 Å². The number of benzene rings is 1. The zero-order valence-corrected chi connectivity index (χ0v) is 12.7. The predicted molar refractivity (Wildman–Crippen MR) is 82.3 cm³/mol. The summed E-state index contributed by atoms with van der Waals surface area (Å²) in [6, 6.07) is 7.19. The summed E-state index contributed by atoms with van der Waals surface area (Å²) < 4.78 is 13.3. The lowest BCUT2D eigenvalue weighted by Gasteiger charge is -2.32. The van der Waals surface area contributed by atoms with Crippen LogP contribution in [0.4, 0.5) is 4.39 Å². The Morgan fingerprint density at radius 1 is 1.35 bits per heavy atom. The second kappa shape index (κ2) is 7.75. The van der Waals surface area contributed by atoms with Gasteiger partial charge >= 0.3 is 0 Å². The Balaban J connectivity index is 1.82. The quantitative estimate of drug-likeness (QED) is 0.855. The molecule has 0 radical (unpaired) electrons. The first kappa shape index (κ1) is 15.5. The highest BCUT2D eigenvalue weighted by molar-refractivity contribution is 5.20. The molecular formula is C17H27FN2. The number of rotatable bonds is 6. The molecule has 1 fully saturated rings. The molecule has 0 spiro atoms. The Hall–Kier alpha value is -0.930. The molecule has 3 heteroatoms. The number of nitrogens with one attached hydrogen (secondary N) is 1. The number of nitrogens with zero attached hydrogens (tertiary/aromatic N) is 1. The molecule has 0 aliphatic carbocycles. The molecule has 1 heterocycles. The van der Waals surface area contributed by atoms with E-state index < -0.39 is 0 Å². The van der Waals surface area contributed by atoms with Crippen LogP contribution in [-0.2, 0) is 0 Å². The van der Waals surface area contributed by atoms with Gasteiger partial charge in [-0.25, -0.2) is 4.39 Å². The standard InChI is InChI=1S/C17H27FN2/c1-3-14-7-10-20(11-8-14)12-9-17(19-2)15-5-4-6-16(18)13-15/h4-6,13-14,17,19H,3,7-12H2,1-2H3. The number of hydrogen-bond acceptors (Lipinski definition) is 2. The maximum Gasteiger partial charge on any atom is 0.123 e. The molecule has 2 rings (SSSR count). The average molecular weight is 278 g/mol. The summed E-state index contributed by atoms with van der Waals surface area (Å²) in [5.74, 6) is 0.779. The number of hydrogen-bond donors (Lipinski definition) is 1. The van der Waals surface area contributed by atoms with Crippen molar-refractivity contribution in [2.75, 3.05) is 26.7 Å². The summed E-state index contributed by atoms with van der Waals surface area (Å²) in [6.45, 7) is 5.83. The average Bonchev–Trinajstić information content (AvgIpc) is 2.48. The van der Waals surface area contributed by atoms with Gasteiger partial charge in [0.05, 0.1) is 0 Å². The van der Waals surface area contributed by atoms with Gasteiger partial charge in [-0.1, -0.05) is 25.5 Å². The van der Waals surface area contributed by atoms with E-state index in [0.29, 0.717) is 0 Å². The topological polar surface area (TPSA) is 15.3 Å². The maximum absolute atomic E-state index is 13.3. The fourth-order valence-electron chi connectivity index (χ4n) is 3.13. The molecule has 0 aromatic heterocycles. The third-order valence-electron chi connectivity index (χ3n) is 4.62. The van der Waals surface area contributed by atoms with Crippen LogP contribution < -0.4 is 5.32 Å². The summed E-state index contributed by atoms with van der Waals surface area (Å²) >= 11 is 0. The van der Waals surface area contributed by atoms with E-state index in [0.717, 1.165) is 24.4 Å². The highest BCUT2D eigenvalue weighted by Crippen LogP contribution is 2.22. The summed E-state index contributed by atoms with van der Waals surface area (Å²) in [5, 5.41) is 3.31. The summed E-state index contributed by atoms with van der Waals surface area (Å²) in [5.41, 5.74) is 1.05. The zero-order chi connectivity index (χ0) is 14.4. The van der Waals surface area contributed by atoms with Gasteiger partial charge in [-0.2, -0.15) is 0 Å². The van der Waals surface area contributed by atoms with Crippen LogP contribution in [0.3, 0.4) is 0 Å². The van der Waals surface area contributed by atoms with E-state index in [1.807, 2.05) is 13.1 Å². The fraction of sp³-hybridized carbons (Fsp3) is 0.647. The molecule has 1 aliphatic rings. The van der Waals surface area contributed by atoms with Crippen molar-refractivity contribution in [1.29, 1.82) is 0 Å². The predicted octanol–water partition coefficient (Wildman–Crippen LogP) is 3.60. The molecule has 1 atom stereocenters. The third-order valence-corrected chi connectivity index (χ3v) is 4.62. The van der Waals surface area contributed by atoms with Crippen molar-refractivity contribution in [3.63, 3.8) is 0 Å². The Bertz CT molecular complexity index is 400. The lowest BCUT2D eigenvalue weighted by Crippen LogP contribution is -2.35. The van der Waals surface area contributed by atoms with Crippen molar-refractivity contribution < 1.29 is 4.39 Å². The molecule has 1 N–H and O–H groups in total. The molecule has 20 heavy (non-hydrogen) atoms.